The van der Waals surface area contributed by atoms with E-state index in [0.29, 0.717) is 5.52 Å². The zero-order valence-corrected chi connectivity index (χ0v) is 11.7. The largest absolute Gasteiger partial charge is 0.387 e. The van der Waals surface area contributed by atoms with Gasteiger partial charge in [-0.1, -0.05) is 22.9 Å². The number of hydrogen-bond donors (Lipinski definition) is 1. The van der Waals surface area contributed by atoms with Crippen LogP contribution in [0, 0.1) is 12.7 Å². The van der Waals surface area contributed by atoms with Crippen molar-refractivity contribution < 1.29 is 4.39 Å². The van der Waals surface area contributed by atoms with Gasteiger partial charge in [0.2, 0.25) is 0 Å². The summed E-state index contributed by atoms with van der Waals surface area (Å²) in [4.78, 5) is 4.41. The summed E-state index contributed by atoms with van der Waals surface area (Å²) in [7, 11) is 1.85. The van der Waals surface area contributed by atoms with Crippen molar-refractivity contribution in [2.24, 2.45) is 0 Å². The van der Waals surface area contributed by atoms with Crippen molar-refractivity contribution >= 4 is 32.5 Å². The van der Waals surface area contributed by atoms with Crippen LogP contribution in [0.15, 0.2) is 16.6 Å². The summed E-state index contributed by atoms with van der Waals surface area (Å²) in [5, 5.41) is 3.95. The number of pyridine rings is 1. The third kappa shape index (κ3) is 2.02. The predicted molar refractivity (Wildman–Crippen MR) is 73.1 cm³/mol. The first-order valence-electron chi connectivity index (χ1n) is 5.54. The van der Waals surface area contributed by atoms with Crippen LogP contribution in [0.1, 0.15) is 18.2 Å². The summed E-state index contributed by atoms with van der Waals surface area (Å²) < 4.78 is 14.6. The van der Waals surface area contributed by atoms with E-state index in [1.165, 1.54) is 6.07 Å². The summed E-state index contributed by atoms with van der Waals surface area (Å²) >= 11 is 3.31. The van der Waals surface area contributed by atoms with E-state index in [2.05, 4.69) is 26.2 Å². The third-order valence-corrected chi connectivity index (χ3v) is 3.39. The zero-order chi connectivity index (χ0) is 12.6. The minimum atomic E-state index is -0.291. The standard InChI is InChI=1S/C13H14BrFN2/c1-4-11-7(2)12(16-3)9-5-8(14)6-10(15)13(9)17-11/h5-6H,4H2,1-3H3,(H,16,17). The van der Waals surface area contributed by atoms with Crippen molar-refractivity contribution in [1.29, 1.82) is 0 Å². The highest BCUT2D eigenvalue weighted by atomic mass is 79.9. The molecule has 0 unspecified atom stereocenters. The fourth-order valence-corrected chi connectivity index (χ4v) is 2.53. The fraction of sp³-hybridized carbons (Fsp3) is 0.308. The molecule has 1 aromatic heterocycles. The maximum Gasteiger partial charge on any atom is 0.150 e. The molecule has 17 heavy (non-hydrogen) atoms. The maximum absolute atomic E-state index is 13.9. The Balaban J connectivity index is 2.92. The highest BCUT2D eigenvalue weighted by Gasteiger charge is 2.13. The topological polar surface area (TPSA) is 24.9 Å². The average Bonchev–Trinajstić information content (AvgIpc) is 2.28. The number of hydrogen-bond acceptors (Lipinski definition) is 2. The van der Waals surface area contributed by atoms with Gasteiger partial charge in [0.25, 0.3) is 0 Å². The second-order valence-corrected chi connectivity index (χ2v) is 4.86. The molecule has 0 amide bonds. The molecule has 0 spiro atoms. The number of nitrogens with one attached hydrogen (secondary N) is 1. The highest BCUT2D eigenvalue weighted by molar-refractivity contribution is 9.10. The SMILES string of the molecule is CCc1nc2c(F)cc(Br)cc2c(NC)c1C. The molecule has 1 N–H and O–H groups in total. The number of nitrogens with zero attached hydrogens (tertiary/aromatic N) is 1. The molecule has 0 saturated carbocycles. The van der Waals surface area contributed by atoms with Crippen LogP contribution >= 0.6 is 15.9 Å². The molecule has 2 aromatic rings. The van der Waals surface area contributed by atoms with Crippen LogP contribution in [0.25, 0.3) is 10.9 Å². The summed E-state index contributed by atoms with van der Waals surface area (Å²) in [5.74, 6) is -0.291. The molecule has 0 aliphatic carbocycles. The highest BCUT2D eigenvalue weighted by Crippen LogP contribution is 2.31. The third-order valence-electron chi connectivity index (χ3n) is 2.94. The second-order valence-electron chi connectivity index (χ2n) is 3.95. The monoisotopic (exact) mass is 296 g/mol. The molecular weight excluding hydrogens is 283 g/mol. The number of rotatable bonds is 2. The predicted octanol–water partition coefficient (Wildman–Crippen LogP) is 4.05. The van der Waals surface area contributed by atoms with Gasteiger partial charge in [0.15, 0.2) is 5.82 Å². The van der Waals surface area contributed by atoms with Gasteiger partial charge in [-0.3, -0.25) is 0 Å². The van der Waals surface area contributed by atoms with E-state index in [1.54, 1.807) is 0 Å². The van der Waals surface area contributed by atoms with E-state index in [-0.39, 0.29) is 5.82 Å². The van der Waals surface area contributed by atoms with Crippen molar-refractivity contribution in [2.75, 3.05) is 12.4 Å². The zero-order valence-electron chi connectivity index (χ0n) is 10.1. The maximum atomic E-state index is 13.9. The fourth-order valence-electron chi connectivity index (χ4n) is 2.10. The minimum Gasteiger partial charge on any atom is -0.387 e. The molecule has 1 heterocycles. The van der Waals surface area contributed by atoms with E-state index < -0.39 is 0 Å². The molecule has 4 heteroatoms. The van der Waals surface area contributed by atoms with E-state index in [4.69, 9.17) is 0 Å². The Kier molecular flexibility index (Phi) is 3.33. The normalized spacial score (nSPS) is 10.9. The Hall–Kier alpha value is -1.16. The number of fused-ring (bicyclic) bond motifs is 1. The molecule has 0 bridgehead atoms. The van der Waals surface area contributed by atoms with Crippen LogP contribution < -0.4 is 5.32 Å². The van der Waals surface area contributed by atoms with Gasteiger partial charge >= 0.3 is 0 Å². The lowest BCUT2D eigenvalue weighted by atomic mass is 10.1. The molecule has 0 radical (unpaired) electrons. The molecule has 0 atom stereocenters. The Bertz CT molecular complexity index is 581. The number of aromatic nitrogens is 1. The summed E-state index contributed by atoms with van der Waals surface area (Å²) in [6.07, 6.45) is 0.798. The van der Waals surface area contributed by atoms with Gasteiger partial charge in [0, 0.05) is 28.3 Å². The van der Waals surface area contributed by atoms with Crippen molar-refractivity contribution in [3.8, 4) is 0 Å². The van der Waals surface area contributed by atoms with Gasteiger partial charge in [-0.2, -0.15) is 0 Å². The molecule has 2 nitrogen and oxygen atoms in total. The lowest BCUT2D eigenvalue weighted by molar-refractivity contribution is 0.635. The molecule has 1 aromatic carbocycles. The van der Waals surface area contributed by atoms with Crippen molar-refractivity contribution in [2.45, 2.75) is 20.3 Å². The summed E-state index contributed by atoms with van der Waals surface area (Å²) in [6, 6.07) is 3.34. The van der Waals surface area contributed by atoms with Crippen molar-refractivity contribution in [3.63, 3.8) is 0 Å². The Labute approximate surface area is 108 Å². The smallest absolute Gasteiger partial charge is 0.150 e. The minimum absolute atomic E-state index is 0.291. The first-order valence-corrected chi connectivity index (χ1v) is 6.33. The summed E-state index contributed by atoms with van der Waals surface area (Å²) in [6.45, 7) is 4.04. The Morgan fingerprint density at radius 1 is 1.41 bits per heavy atom. The van der Waals surface area contributed by atoms with E-state index >= 15 is 0 Å². The Morgan fingerprint density at radius 2 is 2.12 bits per heavy atom. The van der Waals surface area contributed by atoms with Gasteiger partial charge in [-0.05, 0) is 31.0 Å². The number of halogens is 2. The van der Waals surface area contributed by atoms with Crippen LogP contribution in [0.5, 0.6) is 0 Å². The van der Waals surface area contributed by atoms with E-state index in [9.17, 15) is 4.39 Å². The van der Waals surface area contributed by atoms with Gasteiger partial charge in [0.1, 0.15) is 5.52 Å². The van der Waals surface area contributed by atoms with Crippen molar-refractivity contribution in [3.05, 3.63) is 33.7 Å². The van der Waals surface area contributed by atoms with Crippen LogP contribution in [-0.2, 0) is 6.42 Å². The molecule has 0 saturated heterocycles. The Morgan fingerprint density at radius 3 is 2.71 bits per heavy atom. The lowest BCUT2D eigenvalue weighted by Gasteiger charge is -2.13. The summed E-state index contributed by atoms with van der Waals surface area (Å²) in [5.41, 5.74) is 3.40. The van der Waals surface area contributed by atoms with Gasteiger partial charge < -0.3 is 5.32 Å². The number of anilines is 1. The van der Waals surface area contributed by atoms with E-state index in [0.717, 1.165) is 33.2 Å². The van der Waals surface area contributed by atoms with Crippen LogP contribution in [-0.4, -0.2) is 12.0 Å². The lowest BCUT2D eigenvalue weighted by Crippen LogP contribution is -2.02. The molecule has 2 rings (SSSR count). The van der Waals surface area contributed by atoms with Crippen LogP contribution in [0.3, 0.4) is 0 Å². The first kappa shape index (κ1) is 12.3. The molecule has 90 valence electrons. The molecule has 0 fully saturated rings. The number of aryl methyl sites for hydroxylation is 1. The molecule has 0 aliphatic heterocycles. The van der Waals surface area contributed by atoms with Crippen molar-refractivity contribution in [1.82, 2.24) is 4.98 Å². The van der Waals surface area contributed by atoms with E-state index in [1.807, 2.05) is 27.0 Å². The average molecular weight is 297 g/mol. The number of benzene rings is 1. The second kappa shape index (κ2) is 4.61. The first-order chi connectivity index (χ1) is 8.08. The molecular formula is C13H14BrFN2. The molecule has 0 aliphatic rings. The quantitative estimate of drug-likeness (QED) is 0.904. The van der Waals surface area contributed by atoms with Gasteiger partial charge in [0.05, 0.1) is 0 Å². The van der Waals surface area contributed by atoms with Crippen LogP contribution in [0.4, 0.5) is 10.1 Å². The van der Waals surface area contributed by atoms with Gasteiger partial charge in [-0.15, -0.1) is 0 Å². The van der Waals surface area contributed by atoms with Gasteiger partial charge in [-0.25, -0.2) is 9.37 Å². The van der Waals surface area contributed by atoms with Crippen LogP contribution in [0.2, 0.25) is 0 Å².